The minimum absolute atomic E-state index is 0.311. The normalized spacial score (nSPS) is 18.9. The number of amides is 1. The summed E-state index contributed by atoms with van der Waals surface area (Å²) in [6, 6.07) is 8.33. The van der Waals surface area contributed by atoms with Crippen LogP contribution in [0.5, 0.6) is 0 Å². The topological polar surface area (TPSA) is 78.8 Å². The van der Waals surface area contributed by atoms with Gasteiger partial charge in [0.25, 0.3) is 0 Å². The molecule has 0 saturated carbocycles. The number of carbonyl (C=O) groups is 2. The van der Waals surface area contributed by atoms with E-state index in [2.05, 4.69) is 10.3 Å². The second kappa shape index (κ2) is 7.26. The van der Waals surface area contributed by atoms with Crippen molar-refractivity contribution in [2.24, 2.45) is 4.99 Å². The highest BCUT2D eigenvalue weighted by Crippen LogP contribution is 2.23. The molecule has 2 rings (SSSR count). The molecule has 1 aliphatic heterocycles. The number of nitrogens with one attached hydrogen (secondary N) is 1. The van der Waals surface area contributed by atoms with Gasteiger partial charge in [-0.2, -0.15) is 0 Å². The van der Waals surface area contributed by atoms with Crippen molar-refractivity contribution in [2.45, 2.75) is 31.8 Å². The van der Waals surface area contributed by atoms with E-state index in [0.29, 0.717) is 18.6 Å². The van der Waals surface area contributed by atoms with Gasteiger partial charge < -0.3 is 10.4 Å². The monoisotopic (exact) mass is 306 g/mol. The molecule has 1 aromatic carbocycles. The Kier molecular flexibility index (Phi) is 5.38. The summed E-state index contributed by atoms with van der Waals surface area (Å²) in [6.45, 7) is 1.89. The first-order chi connectivity index (χ1) is 10.1. The number of aliphatic carboxylic acids is 1. The average Bonchev–Trinajstić information content (AvgIpc) is 2.97. The van der Waals surface area contributed by atoms with Crippen molar-refractivity contribution in [3.05, 3.63) is 35.9 Å². The minimum atomic E-state index is -0.997. The zero-order chi connectivity index (χ0) is 15.2. The Bertz CT molecular complexity index is 545. The molecule has 0 spiro atoms. The molecule has 5 nitrogen and oxygen atoms in total. The van der Waals surface area contributed by atoms with Crippen molar-refractivity contribution < 1.29 is 14.7 Å². The van der Waals surface area contributed by atoms with E-state index < -0.39 is 18.1 Å². The van der Waals surface area contributed by atoms with E-state index in [1.807, 2.05) is 37.3 Å². The number of thioether (sulfide) groups is 1. The van der Waals surface area contributed by atoms with E-state index in [0.717, 1.165) is 10.6 Å². The van der Waals surface area contributed by atoms with E-state index in [-0.39, 0.29) is 5.91 Å². The third-order valence-electron chi connectivity index (χ3n) is 3.17. The van der Waals surface area contributed by atoms with Crippen LogP contribution in [0, 0.1) is 0 Å². The maximum Gasteiger partial charge on any atom is 0.326 e. The van der Waals surface area contributed by atoms with Gasteiger partial charge in [-0.15, -0.1) is 11.8 Å². The van der Waals surface area contributed by atoms with Gasteiger partial charge in [0.15, 0.2) is 0 Å². The van der Waals surface area contributed by atoms with Crippen molar-refractivity contribution in [3.63, 3.8) is 0 Å². The van der Waals surface area contributed by atoms with Gasteiger partial charge in [0.05, 0.1) is 5.04 Å². The molecule has 2 unspecified atom stereocenters. The van der Waals surface area contributed by atoms with Gasteiger partial charge in [-0.25, -0.2) is 4.79 Å². The SMILES string of the molecule is CCCC(NC(=O)C1CSC(c2ccccc2)=N1)C(=O)O. The second-order valence-electron chi connectivity index (χ2n) is 4.82. The average molecular weight is 306 g/mol. The lowest BCUT2D eigenvalue weighted by molar-refractivity contribution is -0.142. The highest BCUT2D eigenvalue weighted by atomic mass is 32.2. The van der Waals surface area contributed by atoms with Crippen LogP contribution in [0.15, 0.2) is 35.3 Å². The van der Waals surface area contributed by atoms with Crippen molar-refractivity contribution >= 4 is 28.7 Å². The fourth-order valence-corrected chi connectivity index (χ4v) is 3.11. The predicted octanol–water partition coefficient (Wildman–Crippen LogP) is 1.92. The quantitative estimate of drug-likeness (QED) is 0.841. The summed E-state index contributed by atoms with van der Waals surface area (Å²) < 4.78 is 0. The van der Waals surface area contributed by atoms with Gasteiger partial charge in [0.2, 0.25) is 5.91 Å². The number of carboxylic acids is 1. The van der Waals surface area contributed by atoms with Crippen LogP contribution in [0.25, 0.3) is 0 Å². The molecule has 2 atom stereocenters. The molecule has 0 bridgehead atoms. The van der Waals surface area contributed by atoms with Crippen LogP contribution < -0.4 is 5.32 Å². The fourth-order valence-electron chi connectivity index (χ4n) is 2.06. The first-order valence-corrected chi connectivity index (χ1v) is 7.89. The molecule has 21 heavy (non-hydrogen) atoms. The minimum Gasteiger partial charge on any atom is -0.480 e. The highest BCUT2D eigenvalue weighted by molar-refractivity contribution is 8.14. The Labute approximate surface area is 127 Å². The van der Waals surface area contributed by atoms with Gasteiger partial charge in [-0.3, -0.25) is 9.79 Å². The lowest BCUT2D eigenvalue weighted by Crippen LogP contribution is -2.45. The molecule has 2 N–H and O–H groups in total. The van der Waals surface area contributed by atoms with Crippen LogP contribution in [-0.2, 0) is 9.59 Å². The number of nitrogens with zero attached hydrogens (tertiary/aromatic N) is 1. The zero-order valence-electron chi connectivity index (χ0n) is 11.8. The lowest BCUT2D eigenvalue weighted by atomic mass is 10.1. The smallest absolute Gasteiger partial charge is 0.326 e. The first-order valence-electron chi connectivity index (χ1n) is 6.91. The van der Waals surface area contributed by atoms with Gasteiger partial charge in [-0.1, -0.05) is 43.7 Å². The summed E-state index contributed by atoms with van der Waals surface area (Å²) in [6.07, 6.45) is 1.13. The maximum atomic E-state index is 12.1. The molecule has 1 heterocycles. The standard InChI is InChI=1S/C15H18N2O3S/c1-2-6-11(15(19)20)16-13(18)12-9-21-14(17-12)10-7-4-3-5-8-10/h3-5,7-8,11-12H,2,6,9H2,1H3,(H,16,18)(H,19,20). The number of hydrogen-bond donors (Lipinski definition) is 2. The molecule has 6 heteroatoms. The predicted molar refractivity (Wildman–Crippen MR) is 83.7 cm³/mol. The molecule has 1 amide bonds. The highest BCUT2D eigenvalue weighted by Gasteiger charge is 2.28. The molecule has 0 aromatic heterocycles. The van der Waals surface area contributed by atoms with Gasteiger partial charge in [0.1, 0.15) is 12.1 Å². The Morgan fingerprint density at radius 2 is 2.14 bits per heavy atom. The molecule has 0 fully saturated rings. The van der Waals surface area contributed by atoms with E-state index in [1.54, 1.807) is 0 Å². The molecule has 1 aromatic rings. The van der Waals surface area contributed by atoms with E-state index in [9.17, 15) is 9.59 Å². The van der Waals surface area contributed by atoms with Crippen LogP contribution in [0.4, 0.5) is 0 Å². The van der Waals surface area contributed by atoms with Crippen LogP contribution in [0.1, 0.15) is 25.3 Å². The Morgan fingerprint density at radius 1 is 1.43 bits per heavy atom. The molecule has 0 radical (unpaired) electrons. The molecule has 1 aliphatic rings. The van der Waals surface area contributed by atoms with Crippen molar-refractivity contribution in [3.8, 4) is 0 Å². The summed E-state index contributed by atoms with van der Waals surface area (Å²) in [5.74, 6) is -0.758. The number of hydrogen-bond acceptors (Lipinski definition) is 4. The number of aliphatic imine (C=N–C) groups is 1. The summed E-state index contributed by atoms with van der Waals surface area (Å²) in [5.41, 5.74) is 0.987. The van der Waals surface area contributed by atoms with Crippen molar-refractivity contribution in [1.82, 2.24) is 5.32 Å². The molecule has 112 valence electrons. The first kappa shape index (κ1) is 15.6. The van der Waals surface area contributed by atoms with Gasteiger partial charge in [-0.05, 0) is 6.42 Å². The fraction of sp³-hybridized carbons (Fsp3) is 0.400. The van der Waals surface area contributed by atoms with Crippen LogP contribution >= 0.6 is 11.8 Å². The number of benzene rings is 1. The molecular weight excluding hydrogens is 288 g/mol. The molecular formula is C15H18N2O3S. The largest absolute Gasteiger partial charge is 0.480 e. The lowest BCUT2D eigenvalue weighted by Gasteiger charge is -2.15. The van der Waals surface area contributed by atoms with E-state index >= 15 is 0 Å². The van der Waals surface area contributed by atoms with Crippen molar-refractivity contribution in [1.29, 1.82) is 0 Å². The second-order valence-corrected chi connectivity index (χ2v) is 5.82. The van der Waals surface area contributed by atoms with Crippen molar-refractivity contribution in [2.75, 3.05) is 5.75 Å². The van der Waals surface area contributed by atoms with Gasteiger partial charge in [0, 0.05) is 11.3 Å². The van der Waals surface area contributed by atoms with Gasteiger partial charge >= 0.3 is 5.97 Å². The van der Waals surface area contributed by atoms with Crippen LogP contribution in [0.3, 0.4) is 0 Å². The third-order valence-corrected chi connectivity index (χ3v) is 4.26. The van der Waals surface area contributed by atoms with E-state index in [4.69, 9.17) is 5.11 Å². The molecule has 0 aliphatic carbocycles. The third kappa shape index (κ3) is 4.07. The maximum absolute atomic E-state index is 12.1. The number of carboxylic acid groups (broad SMARTS) is 1. The Balaban J connectivity index is 2.01. The Hall–Kier alpha value is -1.82. The Morgan fingerprint density at radius 3 is 2.76 bits per heavy atom. The molecule has 0 saturated heterocycles. The summed E-state index contributed by atoms with van der Waals surface area (Å²) in [7, 11) is 0. The van der Waals surface area contributed by atoms with Crippen LogP contribution in [-0.4, -0.2) is 39.9 Å². The van der Waals surface area contributed by atoms with Crippen LogP contribution in [0.2, 0.25) is 0 Å². The van der Waals surface area contributed by atoms with E-state index in [1.165, 1.54) is 11.8 Å². The number of carbonyl (C=O) groups excluding carboxylic acids is 1. The summed E-state index contributed by atoms with van der Waals surface area (Å²) in [4.78, 5) is 27.6. The summed E-state index contributed by atoms with van der Waals surface area (Å²) >= 11 is 1.52. The number of rotatable bonds is 6. The zero-order valence-corrected chi connectivity index (χ0v) is 12.6. The summed E-state index contributed by atoms with van der Waals surface area (Å²) in [5, 5.41) is 12.5.